The molecule has 3 aromatic rings. The van der Waals surface area contributed by atoms with Crippen molar-refractivity contribution in [3.8, 4) is 0 Å². The Balaban J connectivity index is 1.91. The summed E-state index contributed by atoms with van der Waals surface area (Å²) >= 11 is 2.80. The summed E-state index contributed by atoms with van der Waals surface area (Å²) < 4.78 is 28.6. The van der Waals surface area contributed by atoms with Gasteiger partial charge in [0, 0.05) is 17.0 Å². The first kappa shape index (κ1) is 13.5. The van der Waals surface area contributed by atoms with Crippen molar-refractivity contribution >= 4 is 43.5 Å². The highest BCUT2D eigenvalue weighted by Gasteiger charge is 2.24. The molecule has 0 unspecified atom stereocenters. The van der Waals surface area contributed by atoms with Gasteiger partial charge in [-0.2, -0.15) is 0 Å². The van der Waals surface area contributed by atoms with Crippen LogP contribution in [0.4, 0.5) is 5.82 Å². The van der Waals surface area contributed by atoms with Gasteiger partial charge in [0.2, 0.25) is 0 Å². The lowest BCUT2D eigenvalue weighted by molar-refractivity contribution is 0.576. The monoisotopic (exact) mass is 329 g/mol. The van der Waals surface area contributed by atoms with Crippen molar-refractivity contribution in [1.29, 1.82) is 0 Å². The van der Waals surface area contributed by atoms with Crippen LogP contribution in [-0.2, 0) is 16.6 Å². The van der Waals surface area contributed by atoms with Gasteiger partial charge in [0.1, 0.15) is 0 Å². The quantitative estimate of drug-likeness (QED) is 0.749. The second-order valence-electron chi connectivity index (χ2n) is 4.04. The molecule has 0 saturated heterocycles. The van der Waals surface area contributed by atoms with E-state index in [9.17, 15) is 8.42 Å². The molecule has 0 aromatic carbocycles. The van der Waals surface area contributed by atoms with Gasteiger partial charge in [-0.05, 0) is 6.92 Å². The Morgan fingerprint density at radius 1 is 1.40 bits per heavy atom. The number of nitrogens with zero attached hydrogens (tertiary/aromatic N) is 3. The van der Waals surface area contributed by atoms with Gasteiger partial charge in [-0.15, -0.1) is 22.7 Å². The number of hydrogen-bond acceptors (Lipinski definition) is 7. The maximum Gasteiger partial charge on any atom is 0.260 e. The Kier molecular flexibility index (Phi) is 3.24. The molecule has 10 heteroatoms. The predicted octanol–water partition coefficient (Wildman–Crippen LogP) is 1.22. The van der Waals surface area contributed by atoms with Crippen LogP contribution in [0.1, 0.15) is 10.7 Å². The molecule has 3 N–H and O–H groups in total. The van der Waals surface area contributed by atoms with Crippen LogP contribution in [0.15, 0.2) is 22.0 Å². The molecule has 0 amide bonds. The molecule has 0 spiro atoms. The fraction of sp³-hybridized carbons (Fsp3) is 0.200. The number of aryl methyl sites for hydroxylation is 1. The Labute approximate surface area is 123 Å². The van der Waals surface area contributed by atoms with Gasteiger partial charge in [0.25, 0.3) is 10.0 Å². The third-order valence-electron chi connectivity index (χ3n) is 2.61. The smallest absolute Gasteiger partial charge is 0.260 e. The van der Waals surface area contributed by atoms with Gasteiger partial charge < -0.3 is 5.73 Å². The number of rotatable bonds is 4. The summed E-state index contributed by atoms with van der Waals surface area (Å²) in [6, 6.07) is 0. The molecule has 3 heterocycles. The topological polar surface area (TPSA) is 102 Å². The van der Waals surface area contributed by atoms with Gasteiger partial charge in [-0.25, -0.2) is 23.1 Å². The molecule has 0 radical (unpaired) electrons. The van der Waals surface area contributed by atoms with Crippen LogP contribution < -0.4 is 10.5 Å². The highest BCUT2D eigenvalue weighted by molar-refractivity contribution is 7.89. The average Bonchev–Trinajstić information content (AvgIpc) is 3.02. The minimum absolute atomic E-state index is 0.00110. The maximum atomic E-state index is 12.3. The van der Waals surface area contributed by atoms with E-state index in [1.165, 1.54) is 27.1 Å². The summed E-state index contributed by atoms with van der Waals surface area (Å²) in [5, 5.41) is 4.44. The van der Waals surface area contributed by atoms with Crippen molar-refractivity contribution < 1.29 is 8.42 Å². The molecule has 7 nitrogen and oxygen atoms in total. The molecular formula is C10H11N5O2S3. The molecule has 0 aliphatic rings. The molecule has 106 valence electrons. The van der Waals surface area contributed by atoms with Gasteiger partial charge in [0.05, 0.1) is 17.2 Å². The summed E-state index contributed by atoms with van der Waals surface area (Å²) in [5.41, 5.74) is 6.38. The van der Waals surface area contributed by atoms with E-state index < -0.39 is 10.0 Å². The van der Waals surface area contributed by atoms with Crippen molar-refractivity contribution in [3.05, 3.63) is 27.7 Å². The zero-order valence-electron chi connectivity index (χ0n) is 10.4. The third-order valence-corrected chi connectivity index (χ3v) is 5.63. The number of imidazole rings is 1. The van der Waals surface area contributed by atoms with E-state index in [4.69, 9.17) is 5.73 Å². The molecule has 20 heavy (non-hydrogen) atoms. The van der Waals surface area contributed by atoms with E-state index in [1.807, 2.05) is 12.3 Å². The van der Waals surface area contributed by atoms with Crippen LogP contribution in [-0.4, -0.2) is 22.8 Å². The first-order valence-corrected chi connectivity index (χ1v) is 8.83. The number of nitrogens with two attached hydrogens (primary N) is 1. The lowest BCUT2D eigenvalue weighted by atomic mass is 10.5. The van der Waals surface area contributed by atoms with Gasteiger partial charge in [-0.1, -0.05) is 0 Å². The normalized spacial score (nSPS) is 12.2. The first-order valence-electron chi connectivity index (χ1n) is 5.59. The van der Waals surface area contributed by atoms with E-state index >= 15 is 0 Å². The van der Waals surface area contributed by atoms with Crippen molar-refractivity contribution in [2.75, 3.05) is 5.73 Å². The highest BCUT2D eigenvalue weighted by atomic mass is 32.2. The van der Waals surface area contributed by atoms with Gasteiger partial charge in [-0.3, -0.25) is 4.40 Å². The second kappa shape index (κ2) is 4.81. The number of fused-ring (bicyclic) bond motifs is 1. The van der Waals surface area contributed by atoms with E-state index in [-0.39, 0.29) is 17.4 Å². The number of sulfonamides is 1. The lowest BCUT2D eigenvalue weighted by Crippen LogP contribution is -2.25. The molecule has 3 aromatic heterocycles. The number of nitrogens with one attached hydrogen (secondary N) is 1. The summed E-state index contributed by atoms with van der Waals surface area (Å²) in [4.78, 5) is 8.78. The van der Waals surface area contributed by atoms with E-state index in [1.54, 1.807) is 11.6 Å². The Morgan fingerprint density at radius 3 is 2.90 bits per heavy atom. The minimum atomic E-state index is -3.74. The molecule has 0 fully saturated rings. The molecule has 0 atom stereocenters. The van der Waals surface area contributed by atoms with E-state index in [0.717, 1.165) is 5.01 Å². The van der Waals surface area contributed by atoms with Crippen LogP contribution >= 0.6 is 22.7 Å². The Bertz CT molecular complexity index is 861. The standard InChI is InChI=1S/C10H11N5O2S3/c1-6-13-7(5-19-6)4-12-20(16,17)9-8(11)14-10-15(9)2-3-18-10/h2-3,5,12H,4,11H2,1H3. The fourth-order valence-corrected chi connectivity index (χ4v) is 4.37. The third kappa shape index (κ3) is 2.30. The number of thiazole rings is 2. The summed E-state index contributed by atoms with van der Waals surface area (Å²) in [6.07, 6.45) is 1.63. The number of anilines is 1. The minimum Gasteiger partial charge on any atom is -0.381 e. The average molecular weight is 329 g/mol. The zero-order valence-corrected chi connectivity index (χ0v) is 12.8. The zero-order chi connectivity index (χ0) is 14.3. The molecule has 3 rings (SSSR count). The van der Waals surface area contributed by atoms with Gasteiger partial charge >= 0.3 is 0 Å². The number of hydrogen-bond donors (Lipinski definition) is 2. The highest BCUT2D eigenvalue weighted by Crippen LogP contribution is 2.23. The van der Waals surface area contributed by atoms with Crippen LogP contribution in [0.5, 0.6) is 0 Å². The van der Waals surface area contributed by atoms with Crippen LogP contribution in [0, 0.1) is 6.92 Å². The van der Waals surface area contributed by atoms with Crippen molar-refractivity contribution in [3.63, 3.8) is 0 Å². The summed E-state index contributed by atoms with van der Waals surface area (Å²) in [7, 11) is -3.74. The molecule has 0 bridgehead atoms. The molecule has 0 aliphatic heterocycles. The molecule has 0 saturated carbocycles. The fourth-order valence-electron chi connectivity index (χ4n) is 1.78. The Morgan fingerprint density at radius 2 is 2.20 bits per heavy atom. The molecular weight excluding hydrogens is 318 g/mol. The van der Waals surface area contributed by atoms with Crippen molar-refractivity contribution in [1.82, 2.24) is 19.1 Å². The van der Waals surface area contributed by atoms with E-state index in [0.29, 0.717) is 10.7 Å². The summed E-state index contributed by atoms with van der Waals surface area (Å²) in [5.74, 6) is -0.00110. The van der Waals surface area contributed by atoms with Gasteiger partial charge in [0.15, 0.2) is 15.8 Å². The van der Waals surface area contributed by atoms with Crippen molar-refractivity contribution in [2.45, 2.75) is 18.5 Å². The summed E-state index contributed by atoms with van der Waals surface area (Å²) in [6.45, 7) is 2.00. The number of aromatic nitrogens is 3. The second-order valence-corrected chi connectivity index (χ2v) is 7.66. The molecule has 0 aliphatic carbocycles. The maximum absolute atomic E-state index is 12.3. The SMILES string of the molecule is Cc1nc(CNS(=O)(=O)c2c(N)nc3sccn23)cs1. The van der Waals surface area contributed by atoms with E-state index in [2.05, 4.69) is 14.7 Å². The van der Waals surface area contributed by atoms with Crippen molar-refractivity contribution in [2.24, 2.45) is 0 Å². The van der Waals surface area contributed by atoms with Crippen LogP contribution in [0.25, 0.3) is 4.96 Å². The van der Waals surface area contributed by atoms with Crippen LogP contribution in [0.3, 0.4) is 0 Å². The predicted molar refractivity (Wildman–Crippen MR) is 78.4 cm³/mol. The van der Waals surface area contributed by atoms with Crippen LogP contribution in [0.2, 0.25) is 0 Å². The largest absolute Gasteiger partial charge is 0.381 e. The Hall–Kier alpha value is -1.49. The number of nitrogen functional groups attached to an aromatic ring is 1. The lowest BCUT2D eigenvalue weighted by Gasteiger charge is -2.04. The first-order chi connectivity index (χ1) is 9.47.